The summed E-state index contributed by atoms with van der Waals surface area (Å²) in [6.45, 7) is 2.86. The molecule has 1 saturated carbocycles. The Morgan fingerprint density at radius 1 is 1.38 bits per heavy atom. The fraction of sp³-hybridized carbons (Fsp3) is 0.647. The number of hydrogen-bond acceptors (Lipinski definition) is 3. The number of nitrogens with zero attached hydrogens (tertiary/aromatic N) is 1. The summed E-state index contributed by atoms with van der Waals surface area (Å²) < 4.78 is 19.0. The molecule has 3 unspecified atom stereocenters. The van der Waals surface area contributed by atoms with Gasteiger partial charge in [0.15, 0.2) is 11.6 Å². The quantitative estimate of drug-likeness (QED) is 0.927. The minimum atomic E-state index is -0.977. The van der Waals surface area contributed by atoms with Crippen LogP contribution in [-0.4, -0.2) is 37.8 Å². The van der Waals surface area contributed by atoms with E-state index < -0.39 is 11.4 Å². The fourth-order valence-corrected chi connectivity index (χ4v) is 3.62. The lowest BCUT2D eigenvalue weighted by atomic mass is 9.65. The third-order valence-corrected chi connectivity index (χ3v) is 4.76. The number of rotatable bonds is 4. The summed E-state index contributed by atoms with van der Waals surface area (Å²) in [5, 5.41) is 11.4. The number of hydrogen-bond donors (Lipinski definition) is 1. The van der Waals surface area contributed by atoms with Crippen molar-refractivity contribution in [3.05, 3.63) is 29.6 Å². The third-order valence-electron chi connectivity index (χ3n) is 4.76. The van der Waals surface area contributed by atoms with Gasteiger partial charge in [-0.2, -0.15) is 0 Å². The van der Waals surface area contributed by atoms with Crippen molar-refractivity contribution in [3.63, 3.8) is 0 Å². The van der Waals surface area contributed by atoms with Crippen molar-refractivity contribution in [3.8, 4) is 5.75 Å². The lowest BCUT2D eigenvalue weighted by Crippen LogP contribution is -2.48. The van der Waals surface area contributed by atoms with E-state index in [9.17, 15) is 9.50 Å². The number of halogens is 1. The Hall–Kier alpha value is -1.13. The van der Waals surface area contributed by atoms with E-state index in [2.05, 4.69) is 11.8 Å². The van der Waals surface area contributed by atoms with E-state index in [4.69, 9.17) is 4.74 Å². The summed E-state index contributed by atoms with van der Waals surface area (Å²) in [5.74, 6) is 0.0350. The van der Waals surface area contributed by atoms with Crippen molar-refractivity contribution in [1.82, 2.24) is 4.90 Å². The lowest BCUT2D eigenvalue weighted by molar-refractivity contribution is -0.102. The Balaban J connectivity index is 2.40. The maximum Gasteiger partial charge on any atom is 0.165 e. The largest absolute Gasteiger partial charge is 0.494 e. The monoisotopic (exact) mass is 295 g/mol. The van der Waals surface area contributed by atoms with E-state index in [1.54, 1.807) is 12.1 Å². The molecular weight excluding hydrogens is 269 g/mol. The molecule has 0 amide bonds. The minimum Gasteiger partial charge on any atom is -0.494 e. The molecule has 0 saturated heterocycles. The highest BCUT2D eigenvalue weighted by molar-refractivity contribution is 5.34. The first-order valence-corrected chi connectivity index (χ1v) is 7.60. The zero-order valence-electron chi connectivity index (χ0n) is 13.4. The van der Waals surface area contributed by atoms with Crippen LogP contribution in [0.2, 0.25) is 0 Å². The molecule has 3 nitrogen and oxygen atoms in total. The van der Waals surface area contributed by atoms with Crippen molar-refractivity contribution < 1.29 is 14.2 Å². The van der Waals surface area contributed by atoms with E-state index in [-0.39, 0.29) is 17.6 Å². The van der Waals surface area contributed by atoms with Crippen LogP contribution in [0, 0.1) is 17.7 Å². The van der Waals surface area contributed by atoms with Crippen molar-refractivity contribution in [2.24, 2.45) is 11.8 Å². The van der Waals surface area contributed by atoms with Gasteiger partial charge in [0.1, 0.15) is 0 Å². The summed E-state index contributed by atoms with van der Waals surface area (Å²) in [6, 6.07) is 4.84. The second-order valence-corrected chi connectivity index (χ2v) is 6.47. The molecular formula is C17H26FNO2. The molecule has 4 heteroatoms. The van der Waals surface area contributed by atoms with Crippen LogP contribution in [0.3, 0.4) is 0 Å². The Morgan fingerprint density at radius 3 is 2.67 bits per heavy atom. The average molecular weight is 295 g/mol. The highest BCUT2D eigenvalue weighted by Gasteiger charge is 2.45. The summed E-state index contributed by atoms with van der Waals surface area (Å²) in [5.41, 5.74) is -0.310. The molecule has 1 aliphatic carbocycles. The molecule has 0 radical (unpaired) electrons. The molecule has 0 aliphatic heterocycles. The van der Waals surface area contributed by atoms with E-state index in [1.807, 2.05) is 14.1 Å². The van der Waals surface area contributed by atoms with E-state index in [1.165, 1.54) is 13.2 Å². The average Bonchev–Trinajstić information content (AvgIpc) is 2.43. The van der Waals surface area contributed by atoms with Gasteiger partial charge in [-0.25, -0.2) is 4.39 Å². The van der Waals surface area contributed by atoms with Crippen LogP contribution < -0.4 is 4.74 Å². The predicted molar refractivity (Wildman–Crippen MR) is 81.9 cm³/mol. The predicted octanol–water partition coefficient (Wildman–Crippen LogP) is 3.02. The van der Waals surface area contributed by atoms with Gasteiger partial charge in [-0.05, 0) is 50.6 Å². The number of ether oxygens (including phenoxy) is 1. The highest BCUT2D eigenvalue weighted by atomic mass is 19.1. The molecule has 1 aromatic carbocycles. The smallest absolute Gasteiger partial charge is 0.165 e. The molecule has 0 heterocycles. The Kier molecular flexibility index (Phi) is 4.89. The van der Waals surface area contributed by atoms with Crippen LogP contribution in [0.4, 0.5) is 4.39 Å². The van der Waals surface area contributed by atoms with Gasteiger partial charge < -0.3 is 14.7 Å². The van der Waals surface area contributed by atoms with Crippen molar-refractivity contribution >= 4 is 0 Å². The SMILES string of the molecule is COc1ccc(C2(O)C(C)CCCC2CN(C)C)cc1F. The second kappa shape index (κ2) is 6.32. The van der Waals surface area contributed by atoms with Gasteiger partial charge >= 0.3 is 0 Å². The molecule has 2 rings (SSSR count). The van der Waals surface area contributed by atoms with Crippen LogP contribution in [0.1, 0.15) is 31.7 Å². The first-order valence-electron chi connectivity index (χ1n) is 7.60. The molecule has 0 spiro atoms. The van der Waals surface area contributed by atoms with Gasteiger partial charge in [0, 0.05) is 12.5 Å². The van der Waals surface area contributed by atoms with Crippen LogP contribution in [0.15, 0.2) is 18.2 Å². The first-order chi connectivity index (χ1) is 9.89. The van der Waals surface area contributed by atoms with Crippen LogP contribution in [0.5, 0.6) is 5.75 Å². The molecule has 1 fully saturated rings. The molecule has 1 aromatic rings. The third kappa shape index (κ3) is 3.06. The first kappa shape index (κ1) is 16.2. The number of aliphatic hydroxyl groups is 1. The van der Waals surface area contributed by atoms with Crippen LogP contribution in [-0.2, 0) is 5.60 Å². The van der Waals surface area contributed by atoms with Crippen molar-refractivity contribution in [2.45, 2.75) is 31.8 Å². The summed E-state index contributed by atoms with van der Waals surface area (Å²) >= 11 is 0. The Labute approximate surface area is 126 Å². The van der Waals surface area contributed by atoms with Gasteiger partial charge in [0.25, 0.3) is 0 Å². The van der Waals surface area contributed by atoms with Crippen molar-refractivity contribution in [2.75, 3.05) is 27.7 Å². The maximum atomic E-state index is 14.0. The molecule has 118 valence electrons. The normalized spacial score (nSPS) is 29.7. The van der Waals surface area contributed by atoms with Gasteiger partial charge in [0.2, 0.25) is 0 Å². The highest BCUT2D eigenvalue weighted by Crippen LogP contribution is 2.46. The summed E-state index contributed by atoms with van der Waals surface area (Å²) in [6.07, 6.45) is 3.04. The van der Waals surface area contributed by atoms with E-state index in [0.29, 0.717) is 5.56 Å². The van der Waals surface area contributed by atoms with Gasteiger partial charge in [-0.1, -0.05) is 19.4 Å². The fourth-order valence-electron chi connectivity index (χ4n) is 3.62. The Morgan fingerprint density at radius 2 is 2.10 bits per heavy atom. The molecule has 3 atom stereocenters. The standard InChI is InChI=1S/C17H26FNO2/c1-12-6-5-7-14(11-19(2)3)17(12,20)13-8-9-16(21-4)15(18)10-13/h8-10,12,14,20H,5-7,11H2,1-4H3. The summed E-state index contributed by atoms with van der Waals surface area (Å²) in [4.78, 5) is 2.09. The molecule has 1 N–H and O–H groups in total. The van der Waals surface area contributed by atoms with E-state index in [0.717, 1.165) is 25.8 Å². The zero-order valence-corrected chi connectivity index (χ0v) is 13.4. The van der Waals surface area contributed by atoms with Crippen LogP contribution in [0.25, 0.3) is 0 Å². The van der Waals surface area contributed by atoms with Crippen molar-refractivity contribution in [1.29, 1.82) is 0 Å². The molecule has 21 heavy (non-hydrogen) atoms. The van der Waals surface area contributed by atoms with Gasteiger partial charge in [0.05, 0.1) is 12.7 Å². The van der Waals surface area contributed by atoms with Crippen LogP contribution >= 0.6 is 0 Å². The molecule has 0 bridgehead atoms. The number of methoxy groups -OCH3 is 1. The molecule has 1 aliphatic rings. The summed E-state index contributed by atoms with van der Waals surface area (Å²) in [7, 11) is 5.47. The van der Waals surface area contributed by atoms with Gasteiger partial charge in [-0.3, -0.25) is 0 Å². The topological polar surface area (TPSA) is 32.7 Å². The van der Waals surface area contributed by atoms with E-state index >= 15 is 0 Å². The molecule has 0 aromatic heterocycles. The second-order valence-electron chi connectivity index (χ2n) is 6.47. The van der Waals surface area contributed by atoms with Gasteiger partial charge in [-0.15, -0.1) is 0 Å². The maximum absolute atomic E-state index is 14.0. The lowest BCUT2D eigenvalue weighted by Gasteiger charge is -2.46. The minimum absolute atomic E-state index is 0.115. The zero-order chi connectivity index (χ0) is 15.6. The number of benzene rings is 1. The Bertz CT molecular complexity index is 492.